The summed E-state index contributed by atoms with van der Waals surface area (Å²) in [5.41, 5.74) is 0.620. The van der Waals surface area contributed by atoms with Crippen molar-refractivity contribution in [2.24, 2.45) is 0 Å². The Labute approximate surface area is 248 Å². The van der Waals surface area contributed by atoms with Crippen LogP contribution in [0.25, 0.3) is 17.2 Å². The first-order chi connectivity index (χ1) is 20.5. The Morgan fingerprint density at radius 1 is 0.953 bits per heavy atom. The summed E-state index contributed by atoms with van der Waals surface area (Å²) in [4.78, 5) is 12.0. The quantitative estimate of drug-likeness (QED) is 0.227. The molecule has 2 heterocycles. The van der Waals surface area contributed by atoms with Crippen LogP contribution in [0.4, 0.5) is 0 Å². The lowest BCUT2D eigenvalue weighted by Crippen LogP contribution is -2.30. The highest BCUT2D eigenvalue weighted by atomic mass is 32.2. The monoisotopic (exact) mass is 628 g/mol. The summed E-state index contributed by atoms with van der Waals surface area (Å²) in [7, 11) is -3.60. The fourth-order valence-electron chi connectivity index (χ4n) is 4.13. The van der Waals surface area contributed by atoms with E-state index < -0.39 is 26.0 Å². The van der Waals surface area contributed by atoms with Gasteiger partial charge >= 0.3 is 0 Å². The molecule has 1 atom stereocenters. The first kappa shape index (κ1) is 31.4. The van der Waals surface area contributed by atoms with E-state index in [9.17, 15) is 22.1 Å². The minimum absolute atomic E-state index is 0.0204. The van der Waals surface area contributed by atoms with Crippen LogP contribution in [0.5, 0.6) is 17.4 Å². The van der Waals surface area contributed by atoms with Crippen molar-refractivity contribution in [3.8, 4) is 40.7 Å². The van der Waals surface area contributed by atoms with E-state index in [2.05, 4.69) is 15.2 Å². The maximum Gasteiger partial charge on any atom is 0.233 e. The molecule has 0 aliphatic carbocycles. The summed E-state index contributed by atoms with van der Waals surface area (Å²) >= 11 is 0. The molecule has 0 fully saturated rings. The lowest BCUT2D eigenvalue weighted by molar-refractivity contribution is 0.0339. The van der Waals surface area contributed by atoms with E-state index in [1.165, 1.54) is 51.0 Å². The number of sulfone groups is 1. The fourth-order valence-corrected chi connectivity index (χ4v) is 5.44. The second-order valence-corrected chi connectivity index (χ2v) is 12.9. The minimum Gasteiger partial charge on any atom is -0.494 e. The van der Waals surface area contributed by atoms with Crippen LogP contribution in [-0.2, 0) is 24.7 Å². The average molecular weight is 629 g/mol. The number of hydrogen-bond acceptors (Lipinski definition) is 12. The van der Waals surface area contributed by atoms with E-state index in [1.807, 2.05) is 11.0 Å². The molecule has 0 bridgehead atoms. The standard InChI is InChI=1S/C27H28N6O8S2/c1-6-43(36,37)32-41-25(18-14-13-17(16-28)15-22(18)42(5,34)35)27-31-30-26(19-9-7-12-23(29-19)40-4)33(27)24-20(38-2)10-8-11-21(24)39-3/h7-15,25,32H,6H2,1-5H3/t25-/m1/s1. The number of nitrogens with zero attached hydrogens (tertiary/aromatic N) is 5. The van der Waals surface area contributed by atoms with Crippen molar-refractivity contribution in [3.63, 3.8) is 0 Å². The molecule has 1 N–H and O–H groups in total. The van der Waals surface area contributed by atoms with Gasteiger partial charge in [-0.25, -0.2) is 21.8 Å². The molecule has 16 heteroatoms. The van der Waals surface area contributed by atoms with E-state index in [0.29, 0.717) is 17.2 Å². The van der Waals surface area contributed by atoms with E-state index >= 15 is 0 Å². The number of aromatic nitrogens is 4. The number of para-hydroxylation sites is 1. The van der Waals surface area contributed by atoms with Gasteiger partial charge in [0.1, 0.15) is 22.9 Å². The Balaban J connectivity index is 2.13. The molecule has 4 aromatic rings. The van der Waals surface area contributed by atoms with Crippen molar-refractivity contribution < 1.29 is 35.9 Å². The first-order valence-electron chi connectivity index (χ1n) is 12.5. The summed E-state index contributed by atoms with van der Waals surface area (Å²) in [6.45, 7) is 1.40. The van der Waals surface area contributed by atoms with Gasteiger partial charge in [-0.3, -0.25) is 9.40 Å². The predicted molar refractivity (Wildman–Crippen MR) is 154 cm³/mol. The van der Waals surface area contributed by atoms with Crippen molar-refractivity contribution in [1.82, 2.24) is 24.6 Å². The molecule has 2 aromatic carbocycles. The third kappa shape index (κ3) is 6.60. The average Bonchev–Trinajstić information content (AvgIpc) is 3.44. The van der Waals surface area contributed by atoms with Gasteiger partial charge in [0, 0.05) is 17.9 Å². The number of nitriles is 1. The van der Waals surface area contributed by atoms with Gasteiger partial charge in [-0.1, -0.05) is 23.1 Å². The highest BCUT2D eigenvalue weighted by Crippen LogP contribution is 2.40. The number of nitrogens with one attached hydrogen (secondary N) is 1. The van der Waals surface area contributed by atoms with E-state index in [0.717, 1.165) is 6.26 Å². The van der Waals surface area contributed by atoms with Gasteiger partial charge in [-0.2, -0.15) is 5.26 Å². The first-order valence-corrected chi connectivity index (χ1v) is 16.1. The van der Waals surface area contributed by atoms with Crippen LogP contribution in [0.3, 0.4) is 0 Å². The van der Waals surface area contributed by atoms with Crippen LogP contribution in [0.15, 0.2) is 59.5 Å². The van der Waals surface area contributed by atoms with Crippen molar-refractivity contribution in [2.75, 3.05) is 33.3 Å². The number of sulfonamides is 1. The molecular weight excluding hydrogens is 600 g/mol. The Hall–Kier alpha value is -4.56. The molecule has 0 saturated carbocycles. The highest BCUT2D eigenvalue weighted by molar-refractivity contribution is 7.90. The molecule has 2 aromatic heterocycles. The lowest BCUT2D eigenvalue weighted by atomic mass is 10.1. The maximum atomic E-state index is 13.0. The molecule has 0 unspecified atom stereocenters. The molecule has 0 aliphatic heterocycles. The zero-order valence-electron chi connectivity index (χ0n) is 23.8. The predicted octanol–water partition coefficient (Wildman–Crippen LogP) is 2.59. The molecule has 43 heavy (non-hydrogen) atoms. The van der Waals surface area contributed by atoms with Gasteiger partial charge in [0.25, 0.3) is 0 Å². The SMILES string of the molecule is CCS(=O)(=O)NO[C@H](c1ccc(C#N)cc1S(C)(=O)=O)c1nnc(-c2cccc(OC)n2)n1-c1c(OC)cccc1OC. The third-order valence-electron chi connectivity index (χ3n) is 6.21. The maximum absolute atomic E-state index is 13.0. The number of pyridine rings is 1. The van der Waals surface area contributed by atoms with Crippen molar-refractivity contribution >= 4 is 19.9 Å². The van der Waals surface area contributed by atoms with Gasteiger partial charge in [0.15, 0.2) is 27.6 Å². The van der Waals surface area contributed by atoms with E-state index in [1.54, 1.807) is 36.4 Å². The zero-order chi connectivity index (χ0) is 31.4. The number of rotatable bonds is 12. The van der Waals surface area contributed by atoms with E-state index in [4.69, 9.17) is 19.0 Å². The number of methoxy groups -OCH3 is 3. The van der Waals surface area contributed by atoms with Crippen LogP contribution in [0.1, 0.15) is 30.0 Å². The molecule has 0 amide bonds. The van der Waals surface area contributed by atoms with Crippen LogP contribution in [0.2, 0.25) is 0 Å². The molecule has 0 aliphatic rings. The smallest absolute Gasteiger partial charge is 0.233 e. The minimum atomic E-state index is -3.98. The van der Waals surface area contributed by atoms with Gasteiger partial charge in [0.2, 0.25) is 15.9 Å². The largest absolute Gasteiger partial charge is 0.494 e. The number of ether oxygens (including phenoxy) is 3. The summed E-state index contributed by atoms with van der Waals surface area (Å²) in [6.07, 6.45) is -0.569. The van der Waals surface area contributed by atoms with Crippen molar-refractivity contribution in [2.45, 2.75) is 17.9 Å². The molecule has 14 nitrogen and oxygen atoms in total. The molecule has 0 saturated heterocycles. The summed E-state index contributed by atoms with van der Waals surface area (Å²) in [5, 5.41) is 18.2. The Morgan fingerprint density at radius 3 is 2.21 bits per heavy atom. The normalized spacial score (nSPS) is 12.4. The van der Waals surface area contributed by atoms with E-state index in [-0.39, 0.29) is 45.0 Å². The molecule has 4 rings (SSSR count). The summed E-state index contributed by atoms with van der Waals surface area (Å²) in [6, 6.07) is 15.8. The van der Waals surface area contributed by atoms with Gasteiger partial charge < -0.3 is 14.2 Å². The van der Waals surface area contributed by atoms with Crippen LogP contribution in [0, 0.1) is 11.3 Å². The Bertz CT molecular complexity index is 1880. The lowest BCUT2D eigenvalue weighted by Gasteiger charge is -2.23. The Morgan fingerprint density at radius 2 is 1.63 bits per heavy atom. The van der Waals surface area contributed by atoms with Crippen LogP contribution >= 0.6 is 0 Å². The van der Waals surface area contributed by atoms with Crippen molar-refractivity contribution in [3.05, 3.63) is 71.5 Å². The fraction of sp³-hybridized carbons (Fsp3) is 0.259. The van der Waals surface area contributed by atoms with Gasteiger partial charge in [-0.15, -0.1) is 10.2 Å². The second kappa shape index (κ2) is 12.8. The van der Waals surface area contributed by atoms with Gasteiger partial charge in [0.05, 0.1) is 43.6 Å². The topological polar surface area (TPSA) is 185 Å². The summed E-state index contributed by atoms with van der Waals surface area (Å²) < 4.78 is 68.9. The molecule has 226 valence electrons. The molecule has 0 spiro atoms. The molecule has 0 radical (unpaired) electrons. The second-order valence-electron chi connectivity index (χ2n) is 8.91. The number of benzene rings is 2. The molecular formula is C27H28N6O8S2. The number of hydrogen-bond donors (Lipinski definition) is 1. The van der Waals surface area contributed by atoms with Crippen LogP contribution in [-0.4, -0.2) is 69.9 Å². The third-order valence-corrected chi connectivity index (χ3v) is 8.47. The van der Waals surface area contributed by atoms with Gasteiger partial charge in [-0.05, 0) is 37.3 Å². The Kier molecular flexibility index (Phi) is 9.30. The van der Waals surface area contributed by atoms with Crippen molar-refractivity contribution in [1.29, 1.82) is 5.26 Å². The van der Waals surface area contributed by atoms with Crippen LogP contribution < -0.4 is 19.1 Å². The summed E-state index contributed by atoms with van der Waals surface area (Å²) in [5.74, 6) is 0.615. The zero-order valence-corrected chi connectivity index (χ0v) is 25.4. The highest BCUT2D eigenvalue weighted by Gasteiger charge is 2.33.